The van der Waals surface area contributed by atoms with Crippen molar-refractivity contribution in [2.24, 2.45) is 0 Å². The second-order valence-corrected chi connectivity index (χ2v) is 6.51. The minimum Gasteiger partial charge on any atom is -0.493 e. The highest BCUT2D eigenvalue weighted by Crippen LogP contribution is 2.30. The van der Waals surface area contributed by atoms with Gasteiger partial charge in [0.1, 0.15) is 0 Å². The third-order valence-corrected chi connectivity index (χ3v) is 4.35. The summed E-state index contributed by atoms with van der Waals surface area (Å²) in [5, 5.41) is 5.40. The van der Waals surface area contributed by atoms with Gasteiger partial charge in [0.15, 0.2) is 11.5 Å². The van der Waals surface area contributed by atoms with E-state index in [0.29, 0.717) is 29.3 Å². The molecule has 7 heteroatoms. The third-order valence-electron chi connectivity index (χ3n) is 4.35. The van der Waals surface area contributed by atoms with E-state index >= 15 is 0 Å². The Hall–Kier alpha value is -3.06. The molecular formula is C21H27N3O4. The van der Waals surface area contributed by atoms with Crippen LogP contribution in [0, 0.1) is 6.92 Å². The second-order valence-electron chi connectivity index (χ2n) is 6.51. The van der Waals surface area contributed by atoms with Crippen LogP contribution in [0.4, 0.5) is 5.69 Å². The van der Waals surface area contributed by atoms with Crippen LogP contribution in [0.3, 0.4) is 0 Å². The highest BCUT2D eigenvalue weighted by Gasteiger charge is 2.13. The van der Waals surface area contributed by atoms with Gasteiger partial charge in [-0.2, -0.15) is 0 Å². The van der Waals surface area contributed by atoms with Crippen molar-refractivity contribution in [1.29, 1.82) is 0 Å². The average molecular weight is 385 g/mol. The number of amides is 2. The first-order valence-corrected chi connectivity index (χ1v) is 8.90. The molecule has 0 aliphatic rings. The summed E-state index contributed by atoms with van der Waals surface area (Å²) in [7, 11) is 6.66. The summed E-state index contributed by atoms with van der Waals surface area (Å²) in [5.74, 6) is 1.05. The standard InChI is InChI=1S/C21H27N3O4/c1-14-10-18(27-4)19(28-5)11-16(14)12-24(3)13-20(25)23-17-8-6-15(7-9-17)21(26)22-2/h6-11H,12-13H2,1-5H3,(H,22,26)(H,23,25). The molecule has 150 valence electrons. The second kappa shape index (κ2) is 9.75. The van der Waals surface area contributed by atoms with Crippen molar-refractivity contribution in [3.8, 4) is 11.5 Å². The number of hydrogen-bond donors (Lipinski definition) is 2. The Labute approximate surface area is 165 Å². The van der Waals surface area contributed by atoms with Crippen molar-refractivity contribution in [2.75, 3.05) is 40.2 Å². The van der Waals surface area contributed by atoms with Crippen LogP contribution >= 0.6 is 0 Å². The van der Waals surface area contributed by atoms with E-state index in [1.165, 1.54) is 0 Å². The Morgan fingerprint density at radius 1 is 1.04 bits per heavy atom. The van der Waals surface area contributed by atoms with Crippen LogP contribution in [0.5, 0.6) is 11.5 Å². The molecule has 0 spiro atoms. The van der Waals surface area contributed by atoms with Gasteiger partial charge in [-0.15, -0.1) is 0 Å². The molecule has 0 aromatic heterocycles. The molecule has 0 radical (unpaired) electrons. The molecule has 2 amide bonds. The summed E-state index contributed by atoms with van der Waals surface area (Å²) >= 11 is 0. The minimum absolute atomic E-state index is 0.131. The lowest BCUT2D eigenvalue weighted by molar-refractivity contribution is -0.117. The van der Waals surface area contributed by atoms with E-state index < -0.39 is 0 Å². The van der Waals surface area contributed by atoms with Gasteiger partial charge in [0, 0.05) is 24.8 Å². The van der Waals surface area contributed by atoms with Gasteiger partial charge in [0.05, 0.1) is 20.8 Å². The van der Waals surface area contributed by atoms with Crippen LogP contribution in [0.15, 0.2) is 36.4 Å². The van der Waals surface area contributed by atoms with Crippen LogP contribution in [0.1, 0.15) is 21.5 Å². The quantitative estimate of drug-likeness (QED) is 0.730. The maximum atomic E-state index is 12.3. The number of methoxy groups -OCH3 is 2. The summed E-state index contributed by atoms with van der Waals surface area (Å²) in [6.45, 7) is 2.82. The van der Waals surface area contributed by atoms with Crippen molar-refractivity contribution < 1.29 is 19.1 Å². The number of carbonyl (C=O) groups excluding carboxylic acids is 2. The zero-order valence-corrected chi connectivity index (χ0v) is 17.0. The number of nitrogens with one attached hydrogen (secondary N) is 2. The molecule has 0 unspecified atom stereocenters. The number of benzene rings is 2. The molecule has 0 fully saturated rings. The number of anilines is 1. The van der Waals surface area contributed by atoms with Crippen molar-refractivity contribution in [3.05, 3.63) is 53.1 Å². The van der Waals surface area contributed by atoms with E-state index in [0.717, 1.165) is 11.1 Å². The lowest BCUT2D eigenvalue weighted by Crippen LogP contribution is -2.30. The molecule has 0 heterocycles. The van der Waals surface area contributed by atoms with Gasteiger partial charge in [0.25, 0.3) is 5.91 Å². The van der Waals surface area contributed by atoms with Crippen LogP contribution in [0.2, 0.25) is 0 Å². The predicted molar refractivity (Wildman–Crippen MR) is 109 cm³/mol. The largest absolute Gasteiger partial charge is 0.493 e. The Bertz CT molecular complexity index is 834. The molecular weight excluding hydrogens is 358 g/mol. The van der Waals surface area contributed by atoms with Crippen molar-refractivity contribution in [3.63, 3.8) is 0 Å². The zero-order valence-electron chi connectivity index (χ0n) is 17.0. The van der Waals surface area contributed by atoms with Crippen LogP contribution in [0.25, 0.3) is 0 Å². The van der Waals surface area contributed by atoms with Crippen LogP contribution < -0.4 is 20.1 Å². The first kappa shape index (κ1) is 21.2. The predicted octanol–water partition coefficient (Wildman–Crippen LogP) is 2.44. The monoisotopic (exact) mass is 385 g/mol. The number of hydrogen-bond acceptors (Lipinski definition) is 5. The number of aryl methyl sites for hydroxylation is 1. The Morgan fingerprint density at radius 2 is 1.64 bits per heavy atom. The van der Waals surface area contributed by atoms with Crippen molar-refractivity contribution in [1.82, 2.24) is 10.2 Å². The highest BCUT2D eigenvalue weighted by atomic mass is 16.5. The molecule has 2 aromatic rings. The maximum absolute atomic E-state index is 12.3. The van der Waals surface area contributed by atoms with Gasteiger partial charge < -0.3 is 20.1 Å². The van der Waals surface area contributed by atoms with Crippen molar-refractivity contribution >= 4 is 17.5 Å². The molecule has 0 aliphatic carbocycles. The normalized spacial score (nSPS) is 10.5. The van der Waals surface area contributed by atoms with Gasteiger partial charge >= 0.3 is 0 Å². The summed E-state index contributed by atoms with van der Waals surface area (Å²) in [6.07, 6.45) is 0. The Morgan fingerprint density at radius 3 is 2.21 bits per heavy atom. The van der Waals surface area contributed by atoms with Gasteiger partial charge in [-0.05, 0) is 61.5 Å². The van der Waals surface area contributed by atoms with Gasteiger partial charge in [-0.25, -0.2) is 0 Å². The average Bonchev–Trinajstić information content (AvgIpc) is 2.68. The zero-order chi connectivity index (χ0) is 20.7. The lowest BCUT2D eigenvalue weighted by atomic mass is 10.1. The number of rotatable bonds is 8. The summed E-state index contributed by atoms with van der Waals surface area (Å²) in [6, 6.07) is 10.6. The summed E-state index contributed by atoms with van der Waals surface area (Å²) in [5.41, 5.74) is 3.31. The minimum atomic E-state index is -0.164. The summed E-state index contributed by atoms with van der Waals surface area (Å²) < 4.78 is 10.7. The van der Waals surface area contributed by atoms with E-state index in [2.05, 4.69) is 10.6 Å². The number of likely N-dealkylation sites (N-methyl/N-ethyl adjacent to an activating group) is 1. The molecule has 0 saturated carbocycles. The molecule has 0 saturated heterocycles. The molecule has 2 rings (SSSR count). The van der Waals surface area contributed by atoms with Gasteiger partial charge in [-0.1, -0.05) is 0 Å². The maximum Gasteiger partial charge on any atom is 0.251 e. The topological polar surface area (TPSA) is 79.9 Å². The van der Waals surface area contributed by atoms with Gasteiger partial charge in [0.2, 0.25) is 5.91 Å². The first-order chi connectivity index (χ1) is 13.4. The lowest BCUT2D eigenvalue weighted by Gasteiger charge is -2.19. The van der Waals surface area contributed by atoms with Crippen molar-refractivity contribution in [2.45, 2.75) is 13.5 Å². The fourth-order valence-electron chi connectivity index (χ4n) is 2.83. The Kier molecular flexibility index (Phi) is 7.40. The molecule has 28 heavy (non-hydrogen) atoms. The third kappa shape index (κ3) is 5.47. The molecule has 7 nitrogen and oxygen atoms in total. The smallest absolute Gasteiger partial charge is 0.251 e. The van der Waals surface area contributed by atoms with E-state index in [4.69, 9.17) is 9.47 Å². The van der Waals surface area contributed by atoms with E-state index in [-0.39, 0.29) is 18.4 Å². The van der Waals surface area contributed by atoms with E-state index in [1.54, 1.807) is 45.5 Å². The number of carbonyl (C=O) groups is 2. The number of ether oxygens (including phenoxy) is 2. The SMILES string of the molecule is CNC(=O)c1ccc(NC(=O)CN(C)Cc2cc(OC)c(OC)cc2C)cc1. The summed E-state index contributed by atoms with van der Waals surface area (Å²) in [4.78, 5) is 25.8. The molecule has 0 aliphatic heterocycles. The molecule has 2 N–H and O–H groups in total. The first-order valence-electron chi connectivity index (χ1n) is 8.90. The number of nitrogens with zero attached hydrogens (tertiary/aromatic N) is 1. The molecule has 0 atom stereocenters. The molecule has 2 aromatic carbocycles. The fraction of sp³-hybridized carbons (Fsp3) is 0.333. The fourth-order valence-corrected chi connectivity index (χ4v) is 2.83. The molecule has 0 bridgehead atoms. The van der Waals surface area contributed by atoms with Gasteiger partial charge in [-0.3, -0.25) is 14.5 Å². The van der Waals surface area contributed by atoms with E-state index in [1.807, 2.05) is 31.0 Å². The Balaban J connectivity index is 1.96. The van der Waals surface area contributed by atoms with E-state index in [9.17, 15) is 9.59 Å². The van der Waals surface area contributed by atoms with Crippen LogP contribution in [-0.4, -0.2) is 51.6 Å². The van der Waals surface area contributed by atoms with Crippen LogP contribution in [-0.2, 0) is 11.3 Å². The highest BCUT2D eigenvalue weighted by molar-refractivity contribution is 5.96.